The average molecular weight is 343 g/mol. The molecule has 0 aliphatic carbocycles. The lowest BCUT2D eigenvalue weighted by Gasteiger charge is -2.34. The second-order valence-electron chi connectivity index (χ2n) is 6.38. The Morgan fingerprint density at radius 3 is 2.56 bits per heavy atom. The molecule has 7 heteroatoms. The fourth-order valence-corrected chi connectivity index (χ4v) is 2.80. The van der Waals surface area contributed by atoms with Crippen LogP contribution in [0, 0.1) is 6.92 Å². The first-order chi connectivity index (χ1) is 12.1. The normalized spacial score (nSPS) is 15.2. The van der Waals surface area contributed by atoms with E-state index in [1.807, 2.05) is 19.1 Å². The molecular weight excluding hydrogens is 318 g/mol. The van der Waals surface area contributed by atoms with Gasteiger partial charge in [-0.3, -0.25) is 4.79 Å². The molecule has 0 atom stereocenters. The number of aromatic nitrogens is 1. The van der Waals surface area contributed by atoms with Gasteiger partial charge < -0.3 is 25.0 Å². The molecule has 3 rings (SSSR count). The number of carbonyl (C=O) groups excluding carboxylic acids is 1. The molecule has 2 N–H and O–H groups in total. The van der Waals surface area contributed by atoms with Crippen molar-refractivity contribution in [2.45, 2.75) is 13.3 Å². The summed E-state index contributed by atoms with van der Waals surface area (Å²) in [6.45, 7) is 6.58. The van der Waals surface area contributed by atoms with Crippen LogP contribution >= 0.6 is 0 Å². The maximum Gasteiger partial charge on any atom is 0.226 e. The summed E-state index contributed by atoms with van der Waals surface area (Å²) in [6.07, 6.45) is 0.367. The summed E-state index contributed by atoms with van der Waals surface area (Å²) < 4.78 is 4.97. The molecule has 134 valence electrons. The molecule has 0 spiro atoms. The number of rotatable bonds is 6. The van der Waals surface area contributed by atoms with Gasteiger partial charge in [0.25, 0.3) is 0 Å². The zero-order valence-electron chi connectivity index (χ0n) is 14.8. The van der Waals surface area contributed by atoms with E-state index in [0.717, 1.165) is 37.6 Å². The first-order valence-electron chi connectivity index (χ1n) is 8.61. The van der Waals surface area contributed by atoms with E-state index >= 15 is 0 Å². The molecule has 0 radical (unpaired) electrons. The third kappa shape index (κ3) is 4.96. The molecular formula is C18H25N5O2. The van der Waals surface area contributed by atoms with Crippen molar-refractivity contribution in [3.05, 3.63) is 36.1 Å². The number of anilines is 3. The molecule has 1 aliphatic heterocycles. The third-order valence-corrected chi connectivity index (χ3v) is 4.31. The number of aryl methyl sites for hydroxylation is 1. The molecule has 0 saturated carbocycles. The Kier molecular flexibility index (Phi) is 5.55. The van der Waals surface area contributed by atoms with Crippen LogP contribution in [0.2, 0.25) is 0 Å². The second-order valence-corrected chi connectivity index (χ2v) is 6.38. The Labute approximate surface area is 148 Å². The Morgan fingerprint density at radius 2 is 1.92 bits per heavy atom. The van der Waals surface area contributed by atoms with Crippen molar-refractivity contribution in [3.8, 4) is 0 Å². The van der Waals surface area contributed by atoms with E-state index in [4.69, 9.17) is 4.52 Å². The van der Waals surface area contributed by atoms with Crippen LogP contribution in [-0.4, -0.2) is 55.7 Å². The highest BCUT2D eigenvalue weighted by Gasteiger charge is 2.14. The number of amides is 1. The van der Waals surface area contributed by atoms with Crippen molar-refractivity contribution < 1.29 is 9.32 Å². The molecule has 2 heterocycles. The summed E-state index contributed by atoms with van der Waals surface area (Å²) in [5, 5.41) is 9.81. The maximum atomic E-state index is 12.0. The van der Waals surface area contributed by atoms with Gasteiger partial charge in [-0.2, -0.15) is 0 Å². The molecule has 2 aromatic rings. The van der Waals surface area contributed by atoms with E-state index in [0.29, 0.717) is 18.8 Å². The largest absolute Gasteiger partial charge is 0.369 e. The van der Waals surface area contributed by atoms with Gasteiger partial charge in [0.1, 0.15) is 5.76 Å². The van der Waals surface area contributed by atoms with E-state index in [2.05, 4.69) is 44.8 Å². The van der Waals surface area contributed by atoms with E-state index in [9.17, 15) is 4.79 Å². The SMILES string of the molecule is Cc1cc(NCCC(=O)Nc2ccc(N3CCN(C)CC3)cc2)no1. The van der Waals surface area contributed by atoms with Gasteiger partial charge in [0.05, 0.1) is 0 Å². The lowest BCUT2D eigenvalue weighted by molar-refractivity contribution is -0.115. The van der Waals surface area contributed by atoms with Crippen molar-refractivity contribution in [2.75, 3.05) is 55.3 Å². The molecule has 1 fully saturated rings. The van der Waals surface area contributed by atoms with E-state index in [-0.39, 0.29) is 5.91 Å². The van der Waals surface area contributed by atoms with Crippen LogP contribution in [0.15, 0.2) is 34.9 Å². The Bertz CT molecular complexity index is 690. The zero-order chi connectivity index (χ0) is 17.6. The summed E-state index contributed by atoms with van der Waals surface area (Å²) >= 11 is 0. The highest BCUT2D eigenvalue weighted by molar-refractivity contribution is 5.91. The predicted molar refractivity (Wildman–Crippen MR) is 99.1 cm³/mol. The van der Waals surface area contributed by atoms with Gasteiger partial charge in [-0.1, -0.05) is 5.16 Å². The Hall–Kier alpha value is -2.54. The smallest absolute Gasteiger partial charge is 0.226 e. The van der Waals surface area contributed by atoms with Gasteiger partial charge >= 0.3 is 0 Å². The maximum absolute atomic E-state index is 12.0. The summed E-state index contributed by atoms with van der Waals surface area (Å²) in [5.74, 6) is 1.37. The van der Waals surface area contributed by atoms with Gasteiger partial charge in [0, 0.05) is 56.6 Å². The molecule has 25 heavy (non-hydrogen) atoms. The zero-order valence-corrected chi connectivity index (χ0v) is 14.8. The monoisotopic (exact) mass is 343 g/mol. The molecule has 7 nitrogen and oxygen atoms in total. The fourth-order valence-electron chi connectivity index (χ4n) is 2.80. The number of piperazine rings is 1. The third-order valence-electron chi connectivity index (χ3n) is 4.31. The molecule has 1 aliphatic rings. The van der Waals surface area contributed by atoms with Crippen molar-refractivity contribution in [1.82, 2.24) is 10.1 Å². The number of benzene rings is 1. The minimum absolute atomic E-state index is 0.0277. The van der Waals surface area contributed by atoms with E-state index < -0.39 is 0 Å². The van der Waals surface area contributed by atoms with Crippen LogP contribution in [0.3, 0.4) is 0 Å². The topological polar surface area (TPSA) is 73.6 Å². The predicted octanol–water partition coefficient (Wildman–Crippen LogP) is 2.18. The molecule has 0 bridgehead atoms. The van der Waals surface area contributed by atoms with Crippen LogP contribution in [0.4, 0.5) is 17.2 Å². The molecule has 1 aromatic carbocycles. The van der Waals surface area contributed by atoms with E-state index in [1.165, 1.54) is 5.69 Å². The number of likely N-dealkylation sites (N-methyl/N-ethyl adjacent to an activating group) is 1. The van der Waals surface area contributed by atoms with Gasteiger partial charge in [-0.15, -0.1) is 0 Å². The average Bonchev–Trinajstić information content (AvgIpc) is 3.02. The summed E-state index contributed by atoms with van der Waals surface area (Å²) in [4.78, 5) is 16.7. The van der Waals surface area contributed by atoms with Crippen molar-refractivity contribution >= 4 is 23.1 Å². The highest BCUT2D eigenvalue weighted by atomic mass is 16.5. The number of hydrogen-bond donors (Lipinski definition) is 2. The number of carbonyl (C=O) groups is 1. The second kappa shape index (κ2) is 8.02. The first-order valence-corrected chi connectivity index (χ1v) is 8.61. The van der Waals surface area contributed by atoms with Gasteiger partial charge in [0.15, 0.2) is 5.82 Å². The minimum atomic E-state index is -0.0277. The van der Waals surface area contributed by atoms with Crippen molar-refractivity contribution in [1.29, 1.82) is 0 Å². The van der Waals surface area contributed by atoms with Crippen molar-refractivity contribution in [3.63, 3.8) is 0 Å². The van der Waals surface area contributed by atoms with Crippen LogP contribution in [0.5, 0.6) is 0 Å². The van der Waals surface area contributed by atoms with Gasteiger partial charge in [0.2, 0.25) is 5.91 Å². The van der Waals surface area contributed by atoms with Crippen LogP contribution in [-0.2, 0) is 4.79 Å². The number of nitrogens with zero attached hydrogens (tertiary/aromatic N) is 3. The highest BCUT2D eigenvalue weighted by Crippen LogP contribution is 2.19. The quantitative estimate of drug-likeness (QED) is 0.837. The lowest BCUT2D eigenvalue weighted by Crippen LogP contribution is -2.44. The molecule has 1 amide bonds. The summed E-state index contributed by atoms with van der Waals surface area (Å²) in [6, 6.07) is 9.85. The van der Waals surface area contributed by atoms with Gasteiger partial charge in [-0.05, 0) is 38.2 Å². The summed E-state index contributed by atoms with van der Waals surface area (Å²) in [5.41, 5.74) is 2.02. The standard InChI is InChI=1S/C18H25N5O2/c1-14-13-17(21-25-14)19-8-7-18(24)20-15-3-5-16(6-4-15)23-11-9-22(2)10-12-23/h3-6,13H,7-12H2,1-2H3,(H,19,21)(H,20,24). The van der Waals surface area contributed by atoms with Gasteiger partial charge in [-0.25, -0.2) is 0 Å². The minimum Gasteiger partial charge on any atom is -0.369 e. The number of nitrogens with one attached hydrogen (secondary N) is 2. The fraction of sp³-hybridized carbons (Fsp3) is 0.444. The van der Waals surface area contributed by atoms with Crippen molar-refractivity contribution in [2.24, 2.45) is 0 Å². The lowest BCUT2D eigenvalue weighted by atomic mass is 10.2. The Morgan fingerprint density at radius 1 is 1.20 bits per heavy atom. The van der Waals surface area contributed by atoms with Crippen LogP contribution in [0.25, 0.3) is 0 Å². The first kappa shape index (κ1) is 17.3. The molecule has 0 unspecified atom stereocenters. The Balaban J connectivity index is 1.43. The summed E-state index contributed by atoms with van der Waals surface area (Å²) in [7, 11) is 2.15. The van der Waals surface area contributed by atoms with Crippen LogP contribution in [0.1, 0.15) is 12.2 Å². The molecule has 1 aromatic heterocycles. The van der Waals surface area contributed by atoms with E-state index in [1.54, 1.807) is 6.07 Å². The number of hydrogen-bond acceptors (Lipinski definition) is 6. The molecule has 1 saturated heterocycles. The van der Waals surface area contributed by atoms with Crippen LogP contribution < -0.4 is 15.5 Å².